The molecule has 50 valence electrons. The van der Waals surface area contributed by atoms with Crippen molar-refractivity contribution in [2.75, 3.05) is 0 Å². The van der Waals surface area contributed by atoms with Gasteiger partial charge in [0.15, 0.2) is 0 Å². The first-order chi connectivity index (χ1) is 2.27. The Kier molecular flexibility index (Phi) is 45.0. The van der Waals surface area contributed by atoms with Crippen LogP contribution in [0.1, 0.15) is 13.8 Å². The van der Waals surface area contributed by atoms with Crippen molar-refractivity contribution in [1.29, 1.82) is 0 Å². The fourth-order valence-electron chi connectivity index (χ4n) is 0. The van der Waals surface area contributed by atoms with Gasteiger partial charge in [-0.2, -0.15) is 0 Å². The van der Waals surface area contributed by atoms with Crippen molar-refractivity contribution in [1.82, 2.24) is 0 Å². The van der Waals surface area contributed by atoms with E-state index in [9.17, 15) is 0 Å². The Balaban J connectivity index is -0.0000000267. The molecule has 0 spiro atoms. The van der Waals surface area contributed by atoms with Crippen molar-refractivity contribution in [3.05, 3.63) is 18.6 Å². The molecule has 0 aliphatic heterocycles. The fourth-order valence-corrected chi connectivity index (χ4v) is 0. The Morgan fingerprint density at radius 2 is 1.38 bits per heavy atom. The second-order valence-electron chi connectivity index (χ2n) is 1.28. The van der Waals surface area contributed by atoms with Crippen molar-refractivity contribution < 1.29 is 24.8 Å². The van der Waals surface area contributed by atoms with Gasteiger partial charge in [-0.1, -0.05) is 19.9 Å². The molecule has 0 aromatic heterocycles. The predicted molar refractivity (Wildman–Crippen MR) is 30.5 cm³/mol. The van der Waals surface area contributed by atoms with E-state index in [1.807, 2.05) is 19.9 Å². The molecular weight excluding hydrogens is 253 g/mol. The number of hydrogen-bond acceptors (Lipinski definition) is 0. The number of allylic oxidation sites excluding steroid dienone is 1. The van der Waals surface area contributed by atoms with Gasteiger partial charge in [0.2, 0.25) is 0 Å². The van der Waals surface area contributed by atoms with Crippen LogP contribution < -0.4 is 24.8 Å². The largest absolute Gasteiger partial charge is 1.00 e. The van der Waals surface area contributed by atoms with Crippen LogP contribution in [0.25, 0.3) is 0 Å². The third kappa shape index (κ3) is 27.3. The van der Waals surface area contributed by atoms with Gasteiger partial charge in [0.1, 0.15) is 0 Å². The van der Waals surface area contributed by atoms with E-state index in [0.717, 1.165) is 0 Å². The van der Waals surface area contributed by atoms with Crippen LogP contribution in [0.15, 0.2) is 12.7 Å². The molecule has 0 aliphatic rings. The summed E-state index contributed by atoms with van der Waals surface area (Å²) in [6.45, 7) is 7.56. The number of hydrogen-bond donors (Lipinski definition) is 0. The predicted octanol–water partition coefficient (Wildman–Crippen LogP) is -4.59. The van der Waals surface area contributed by atoms with Crippen molar-refractivity contribution in [3.63, 3.8) is 0 Å². The molecule has 0 saturated heterocycles. The Labute approximate surface area is 81.4 Å². The molecule has 0 rings (SSSR count). The van der Waals surface area contributed by atoms with Gasteiger partial charge >= 0.3 is 0 Å². The smallest absolute Gasteiger partial charge is 0 e. The van der Waals surface area contributed by atoms with Crippen LogP contribution in [0.5, 0.6) is 0 Å². The molecule has 0 aromatic carbocycles. The van der Waals surface area contributed by atoms with E-state index in [0.29, 0.717) is 0 Å². The minimum atomic E-state index is 0. The summed E-state index contributed by atoms with van der Waals surface area (Å²) in [5, 5.41) is 0. The minimum absolute atomic E-state index is 0. The topological polar surface area (TPSA) is 0 Å². The Bertz CT molecular complexity index is 37.4. The Morgan fingerprint density at radius 1 is 1.25 bits per heavy atom. The first-order valence-corrected chi connectivity index (χ1v) is 1.70. The van der Waals surface area contributed by atoms with Gasteiger partial charge in [-0.15, -0.1) is 6.58 Å². The van der Waals surface area contributed by atoms with Crippen molar-refractivity contribution >= 4 is 24.4 Å². The Morgan fingerprint density at radius 3 is 1.38 bits per heavy atom. The molecule has 0 fully saturated rings. The zero-order valence-electron chi connectivity index (χ0n) is 4.99. The molecule has 0 unspecified atom stereocenters. The second kappa shape index (κ2) is 15.7. The maximum atomic E-state index is 3.52. The minimum Gasteiger partial charge on any atom is -1.00 e. The third-order valence-corrected chi connectivity index (χ3v) is 0.408. The standard InChI is InChI=1S/C5H9.2ClH.Sb/c1-4-5(2)3;;;/h4H,1H2,2-3H3;2*1H;/p-2. The molecule has 0 aromatic rings. The van der Waals surface area contributed by atoms with Gasteiger partial charge in [0.05, 0.1) is 0 Å². The quantitative estimate of drug-likeness (QED) is 0.417. The molecule has 0 atom stereocenters. The molecule has 0 heterocycles. The summed E-state index contributed by atoms with van der Waals surface area (Å²) in [4.78, 5) is 0. The summed E-state index contributed by atoms with van der Waals surface area (Å²) in [7, 11) is 0. The number of halogens is 2. The molecule has 8 heavy (non-hydrogen) atoms. The first kappa shape index (κ1) is 22.9. The summed E-state index contributed by atoms with van der Waals surface area (Å²) in [5.41, 5.74) is 0. The maximum Gasteiger partial charge on any atom is 0 e. The summed E-state index contributed by atoms with van der Waals surface area (Å²) in [5.74, 6) is 1.27. The van der Waals surface area contributed by atoms with Crippen LogP contribution in [-0.2, 0) is 0 Å². The van der Waals surface area contributed by atoms with Crippen LogP contribution in [0, 0.1) is 5.92 Å². The van der Waals surface area contributed by atoms with Crippen molar-refractivity contribution in [2.45, 2.75) is 13.8 Å². The van der Waals surface area contributed by atoms with Gasteiger partial charge in [-0.3, -0.25) is 0 Å². The second-order valence-corrected chi connectivity index (χ2v) is 1.28. The fraction of sp³-hybridized carbons (Fsp3) is 0.400. The summed E-state index contributed by atoms with van der Waals surface area (Å²) < 4.78 is 0. The van der Waals surface area contributed by atoms with Crippen LogP contribution in [-0.4, -0.2) is 24.4 Å². The van der Waals surface area contributed by atoms with Gasteiger partial charge in [0.25, 0.3) is 0 Å². The zero-order valence-corrected chi connectivity index (χ0v) is 9.05. The van der Waals surface area contributed by atoms with E-state index in [-0.39, 0.29) is 49.2 Å². The molecule has 3 heteroatoms. The van der Waals surface area contributed by atoms with E-state index in [1.165, 1.54) is 5.92 Å². The van der Waals surface area contributed by atoms with E-state index < -0.39 is 0 Å². The molecular formula is C5H9Cl2Sb-2. The summed E-state index contributed by atoms with van der Waals surface area (Å²) in [6, 6.07) is 0. The molecule has 0 N–H and O–H groups in total. The molecule has 0 aliphatic carbocycles. The molecule has 0 nitrogen and oxygen atoms in total. The zero-order chi connectivity index (χ0) is 4.28. The van der Waals surface area contributed by atoms with Gasteiger partial charge in [-0.25, -0.2) is 0 Å². The van der Waals surface area contributed by atoms with Gasteiger partial charge in [0, 0.05) is 24.4 Å². The van der Waals surface area contributed by atoms with Crippen LogP contribution in [0.3, 0.4) is 0 Å². The first-order valence-electron chi connectivity index (χ1n) is 1.70. The van der Waals surface area contributed by atoms with E-state index >= 15 is 0 Å². The third-order valence-electron chi connectivity index (χ3n) is 0.408. The average molecular weight is 262 g/mol. The molecule has 4 radical (unpaired) electrons. The monoisotopic (exact) mass is 260 g/mol. The molecule has 0 bridgehead atoms. The summed E-state index contributed by atoms with van der Waals surface area (Å²) in [6.07, 6.45) is 1.83. The van der Waals surface area contributed by atoms with E-state index in [1.54, 1.807) is 0 Å². The van der Waals surface area contributed by atoms with E-state index in [4.69, 9.17) is 0 Å². The number of rotatable bonds is 1. The van der Waals surface area contributed by atoms with Crippen molar-refractivity contribution in [2.24, 2.45) is 0 Å². The molecule has 0 amide bonds. The average Bonchev–Trinajstić information content (AvgIpc) is 1.38. The van der Waals surface area contributed by atoms with Gasteiger partial charge in [-0.05, 0) is 5.92 Å². The van der Waals surface area contributed by atoms with Gasteiger partial charge < -0.3 is 24.8 Å². The van der Waals surface area contributed by atoms with E-state index in [2.05, 4.69) is 6.58 Å². The summed E-state index contributed by atoms with van der Waals surface area (Å²) >= 11 is 0. The SMILES string of the molecule is C=C[C](C)C.[Cl-].[Cl-].[Sb]. The maximum absolute atomic E-state index is 3.52. The normalized spacial score (nSPS) is 5.38. The van der Waals surface area contributed by atoms with Crippen LogP contribution in [0.2, 0.25) is 0 Å². The molecule has 0 saturated carbocycles. The van der Waals surface area contributed by atoms with Crippen LogP contribution in [0.4, 0.5) is 0 Å². The van der Waals surface area contributed by atoms with Crippen molar-refractivity contribution in [3.8, 4) is 0 Å². The van der Waals surface area contributed by atoms with Crippen LogP contribution >= 0.6 is 0 Å². The Hall–Kier alpha value is 1.14.